The summed E-state index contributed by atoms with van der Waals surface area (Å²) in [6.45, 7) is 1.67. The molecule has 1 N–H and O–H groups in total. The Bertz CT molecular complexity index is 796. The maximum Gasteiger partial charge on any atom is 0.240 e. The molecule has 0 amide bonds. The zero-order valence-corrected chi connectivity index (χ0v) is 14.3. The molecular formula is C16H17ClFNO3S. The topological polar surface area (TPSA) is 55.4 Å². The van der Waals surface area contributed by atoms with E-state index >= 15 is 0 Å². The van der Waals surface area contributed by atoms with Crippen LogP contribution in [0.4, 0.5) is 4.39 Å². The number of hydrogen-bond acceptors (Lipinski definition) is 3. The maximum absolute atomic E-state index is 13.3. The molecule has 0 fully saturated rings. The van der Waals surface area contributed by atoms with Gasteiger partial charge in [0.1, 0.15) is 5.82 Å². The first kappa shape index (κ1) is 17.9. The van der Waals surface area contributed by atoms with Crippen LogP contribution in [0.1, 0.15) is 17.2 Å². The van der Waals surface area contributed by atoms with Gasteiger partial charge in [-0.05, 0) is 42.3 Å². The fourth-order valence-corrected chi connectivity index (χ4v) is 3.71. The third kappa shape index (κ3) is 4.51. The molecule has 4 nitrogen and oxygen atoms in total. The molecule has 23 heavy (non-hydrogen) atoms. The monoisotopic (exact) mass is 357 g/mol. The molecule has 0 aliphatic rings. The smallest absolute Gasteiger partial charge is 0.240 e. The molecule has 2 aromatic carbocycles. The summed E-state index contributed by atoms with van der Waals surface area (Å²) in [5.41, 5.74) is 1.14. The number of nitrogens with one attached hydrogen (secondary N) is 1. The number of ether oxygens (including phenoxy) is 1. The molecule has 0 heterocycles. The van der Waals surface area contributed by atoms with Crippen LogP contribution in [0.2, 0.25) is 5.02 Å². The van der Waals surface area contributed by atoms with Crippen molar-refractivity contribution < 1.29 is 17.5 Å². The van der Waals surface area contributed by atoms with Crippen molar-refractivity contribution in [2.45, 2.75) is 17.9 Å². The van der Waals surface area contributed by atoms with Crippen molar-refractivity contribution in [3.8, 4) is 0 Å². The van der Waals surface area contributed by atoms with Crippen LogP contribution >= 0.6 is 11.6 Å². The highest BCUT2D eigenvalue weighted by Crippen LogP contribution is 2.21. The Balaban J connectivity index is 2.19. The molecule has 0 bridgehead atoms. The SMILES string of the molecule is COC(CNS(=O)(=O)c1cc(Cl)ccc1C)c1cccc(F)c1. The summed E-state index contributed by atoms with van der Waals surface area (Å²) in [4.78, 5) is 0.110. The van der Waals surface area contributed by atoms with Gasteiger partial charge in [0.15, 0.2) is 0 Å². The van der Waals surface area contributed by atoms with E-state index in [-0.39, 0.29) is 11.4 Å². The average molecular weight is 358 g/mol. The molecule has 7 heteroatoms. The molecule has 0 aliphatic heterocycles. The molecule has 0 aromatic heterocycles. The van der Waals surface area contributed by atoms with E-state index in [4.69, 9.17) is 16.3 Å². The largest absolute Gasteiger partial charge is 0.375 e. The van der Waals surface area contributed by atoms with Crippen molar-refractivity contribution >= 4 is 21.6 Å². The van der Waals surface area contributed by atoms with Gasteiger partial charge < -0.3 is 4.74 Å². The van der Waals surface area contributed by atoms with Gasteiger partial charge in [0.2, 0.25) is 10.0 Å². The normalized spacial score (nSPS) is 13.0. The van der Waals surface area contributed by atoms with E-state index in [9.17, 15) is 12.8 Å². The van der Waals surface area contributed by atoms with Crippen LogP contribution in [0, 0.1) is 12.7 Å². The Morgan fingerprint density at radius 3 is 2.65 bits per heavy atom. The second kappa shape index (κ2) is 7.40. The standard InChI is InChI=1S/C16H17ClFNO3S/c1-11-6-7-13(17)9-16(11)23(20,21)19-10-15(22-2)12-4-3-5-14(18)8-12/h3-9,15,19H,10H2,1-2H3. The number of sulfonamides is 1. The minimum absolute atomic E-state index is 0.0196. The molecule has 0 radical (unpaired) electrons. The lowest BCUT2D eigenvalue weighted by Crippen LogP contribution is -2.29. The molecule has 0 saturated carbocycles. The number of rotatable bonds is 6. The first-order chi connectivity index (χ1) is 10.8. The minimum Gasteiger partial charge on any atom is -0.375 e. The highest BCUT2D eigenvalue weighted by Gasteiger charge is 2.20. The predicted molar refractivity (Wildman–Crippen MR) is 87.5 cm³/mol. The van der Waals surface area contributed by atoms with E-state index in [1.165, 1.54) is 25.3 Å². The summed E-state index contributed by atoms with van der Waals surface area (Å²) in [6, 6.07) is 10.5. The van der Waals surface area contributed by atoms with E-state index in [2.05, 4.69) is 4.72 Å². The van der Waals surface area contributed by atoms with Crippen molar-refractivity contribution in [1.82, 2.24) is 4.72 Å². The molecule has 0 aliphatic carbocycles. The Morgan fingerprint density at radius 1 is 1.26 bits per heavy atom. The van der Waals surface area contributed by atoms with Crippen molar-refractivity contribution in [3.05, 3.63) is 64.4 Å². The van der Waals surface area contributed by atoms with E-state index in [1.807, 2.05) is 0 Å². The van der Waals surface area contributed by atoms with Gasteiger partial charge in [0.05, 0.1) is 11.0 Å². The first-order valence-electron chi connectivity index (χ1n) is 6.87. The molecule has 1 atom stereocenters. The van der Waals surface area contributed by atoms with Crippen LogP contribution in [0.5, 0.6) is 0 Å². The van der Waals surface area contributed by atoms with Gasteiger partial charge in [0.25, 0.3) is 0 Å². The molecule has 2 rings (SSSR count). The predicted octanol–water partition coefficient (Wildman–Crippen LogP) is 3.45. The third-order valence-electron chi connectivity index (χ3n) is 3.40. The van der Waals surface area contributed by atoms with Crippen molar-refractivity contribution in [2.24, 2.45) is 0 Å². The number of methoxy groups -OCH3 is 1. The van der Waals surface area contributed by atoms with Crippen LogP contribution in [0.15, 0.2) is 47.4 Å². The Hall–Kier alpha value is -1.47. The molecular weight excluding hydrogens is 341 g/mol. The fraction of sp³-hybridized carbons (Fsp3) is 0.250. The Labute approximate surface area is 140 Å². The summed E-state index contributed by atoms with van der Waals surface area (Å²) < 4.78 is 45.9. The second-order valence-electron chi connectivity index (χ2n) is 5.04. The third-order valence-corrected chi connectivity index (χ3v) is 5.20. The van der Waals surface area contributed by atoms with Gasteiger partial charge >= 0.3 is 0 Å². The summed E-state index contributed by atoms with van der Waals surface area (Å²) in [5.74, 6) is -0.405. The summed E-state index contributed by atoms with van der Waals surface area (Å²) in [7, 11) is -2.31. The van der Waals surface area contributed by atoms with E-state index in [0.717, 1.165) is 0 Å². The quantitative estimate of drug-likeness (QED) is 0.861. The van der Waals surface area contributed by atoms with Gasteiger partial charge in [-0.2, -0.15) is 0 Å². The highest BCUT2D eigenvalue weighted by molar-refractivity contribution is 7.89. The molecule has 124 valence electrons. The van der Waals surface area contributed by atoms with E-state index in [0.29, 0.717) is 16.1 Å². The van der Waals surface area contributed by atoms with Crippen LogP contribution in [-0.4, -0.2) is 22.1 Å². The lowest BCUT2D eigenvalue weighted by atomic mass is 10.1. The van der Waals surface area contributed by atoms with Crippen LogP contribution in [0.3, 0.4) is 0 Å². The van der Waals surface area contributed by atoms with Crippen LogP contribution < -0.4 is 4.72 Å². The maximum atomic E-state index is 13.3. The molecule has 0 spiro atoms. The van der Waals surface area contributed by atoms with Gasteiger partial charge in [-0.1, -0.05) is 29.8 Å². The minimum atomic E-state index is -3.74. The lowest BCUT2D eigenvalue weighted by Gasteiger charge is -2.17. The van der Waals surface area contributed by atoms with E-state index in [1.54, 1.807) is 31.2 Å². The van der Waals surface area contributed by atoms with Crippen molar-refractivity contribution in [2.75, 3.05) is 13.7 Å². The fourth-order valence-electron chi connectivity index (χ4n) is 2.17. The number of hydrogen-bond donors (Lipinski definition) is 1. The first-order valence-corrected chi connectivity index (χ1v) is 8.73. The van der Waals surface area contributed by atoms with Crippen LogP contribution in [-0.2, 0) is 14.8 Å². The second-order valence-corrected chi connectivity index (χ2v) is 7.21. The zero-order chi connectivity index (χ0) is 17.0. The van der Waals surface area contributed by atoms with Crippen molar-refractivity contribution in [3.63, 3.8) is 0 Å². The van der Waals surface area contributed by atoms with Gasteiger partial charge in [-0.15, -0.1) is 0 Å². The zero-order valence-electron chi connectivity index (χ0n) is 12.7. The summed E-state index contributed by atoms with van der Waals surface area (Å²) in [5, 5.41) is 0.337. The van der Waals surface area contributed by atoms with Crippen molar-refractivity contribution in [1.29, 1.82) is 0 Å². The van der Waals surface area contributed by atoms with Gasteiger partial charge in [-0.3, -0.25) is 0 Å². The average Bonchev–Trinajstić information content (AvgIpc) is 2.50. The van der Waals surface area contributed by atoms with Crippen LogP contribution in [0.25, 0.3) is 0 Å². The van der Waals surface area contributed by atoms with Gasteiger partial charge in [0, 0.05) is 18.7 Å². The number of aryl methyl sites for hydroxylation is 1. The molecule has 2 aromatic rings. The highest BCUT2D eigenvalue weighted by atomic mass is 35.5. The van der Waals surface area contributed by atoms with Gasteiger partial charge in [-0.25, -0.2) is 17.5 Å². The van der Waals surface area contributed by atoms with E-state index < -0.39 is 21.9 Å². The Morgan fingerprint density at radius 2 is 2.00 bits per heavy atom. The molecule has 1 unspecified atom stereocenters. The number of halogens is 2. The Kier molecular flexibility index (Phi) is 5.75. The summed E-state index contributed by atoms with van der Waals surface area (Å²) >= 11 is 5.87. The molecule has 0 saturated heterocycles. The summed E-state index contributed by atoms with van der Waals surface area (Å²) in [6.07, 6.45) is -0.597. The number of benzene rings is 2. The lowest BCUT2D eigenvalue weighted by molar-refractivity contribution is 0.107.